The zero-order chi connectivity index (χ0) is 20.1. The largest absolute Gasteiger partial charge is 0.378 e. The zero-order valence-electron chi connectivity index (χ0n) is 16.7. The smallest absolute Gasteiger partial charge is 0.274 e. The van der Waals surface area contributed by atoms with Crippen molar-refractivity contribution in [3.63, 3.8) is 0 Å². The lowest BCUT2D eigenvalue weighted by Crippen LogP contribution is -2.36. The molecule has 2 aromatic rings. The van der Waals surface area contributed by atoms with Crippen molar-refractivity contribution in [2.24, 2.45) is 0 Å². The number of likely N-dealkylation sites (tertiary alicyclic amines) is 1. The summed E-state index contributed by atoms with van der Waals surface area (Å²) >= 11 is 0. The highest BCUT2D eigenvalue weighted by Crippen LogP contribution is 2.31. The first-order chi connectivity index (χ1) is 14.2. The molecule has 0 aromatic heterocycles. The van der Waals surface area contributed by atoms with Crippen LogP contribution in [-0.4, -0.2) is 55.4 Å². The van der Waals surface area contributed by atoms with Crippen molar-refractivity contribution < 1.29 is 14.7 Å². The summed E-state index contributed by atoms with van der Waals surface area (Å²) in [6.45, 7) is 6.61. The molecule has 154 valence electrons. The Morgan fingerprint density at radius 3 is 2.45 bits per heavy atom. The molecular formula is C23H29N3O3. The minimum atomic E-state index is -0.475. The molecule has 0 radical (unpaired) electrons. The van der Waals surface area contributed by atoms with Crippen LogP contribution in [0.25, 0.3) is 0 Å². The lowest BCUT2D eigenvalue weighted by atomic mass is 9.89. The van der Waals surface area contributed by atoms with Gasteiger partial charge in [0.05, 0.1) is 13.2 Å². The number of benzene rings is 2. The average molecular weight is 396 g/mol. The molecule has 2 aromatic carbocycles. The van der Waals surface area contributed by atoms with Crippen LogP contribution < -0.4 is 10.4 Å². The summed E-state index contributed by atoms with van der Waals surface area (Å²) in [5.41, 5.74) is 6.10. The maximum atomic E-state index is 11.4. The van der Waals surface area contributed by atoms with Gasteiger partial charge < -0.3 is 9.64 Å². The Morgan fingerprint density at radius 2 is 1.76 bits per heavy atom. The number of hydrogen-bond acceptors (Lipinski definition) is 5. The number of carbonyl (C=O) groups is 1. The van der Waals surface area contributed by atoms with Crippen molar-refractivity contribution in [2.75, 3.05) is 44.3 Å². The molecule has 6 heteroatoms. The highest BCUT2D eigenvalue weighted by Gasteiger charge is 2.22. The Morgan fingerprint density at radius 1 is 1.03 bits per heavy atom. The topological polar surface area (TPSA) is 65.0 Å². The van der Waals surface area contributed by atoms with E-state index in [-0.39, 0.29) is 0 Å². The van der Waals surface area contributed by atoms with Crippen LogP contribution in [0.15, 0.2) is 48.5 Å². The zero-order valence-corrected chi connectivity index (χ0v) is 16.7. The number of anilines is 1. The van der Waals surface area contributed by atoms with Crippen LogP contribution in [-0.2, 0) is 11.3 Å². The third-order valence-corrected chi connectivity index (χ3v) is 6.03. The first-order valence-corrected chi connectivity index (χ1v) is 10.4. The summed E-state index contributed by atoms with van der Waals surface area (Å²) in [6, 6.07) is 16.5. The minimum Gasteiger partial charge on any atom is -0.378 e. The number of hydrogen-bond donors (Lipinski definition) is 2. The monoisotopic (exact) mass is 395 g/mol. The molecule has 0 bridgehead atoms. The van der Waals surface area contributed by atoms with Crippen LogP contribution >= 0.6 is 0 Å². The molecule has 2 fully saturated rings. The van der Waals surface area contributed by atoms with Gasteiger partial charge in [-0.25, -0.2) is 5.48 Å². The summed E-state index contributed by atoms with van der Waals surface area (Å²) in [5, 5.41) is 8.71. The van der Waals surface area contributed by atoms with Gasteiger partial charge in [-0.3, -0.25) is 14.9 Å². The van der Waals surface area contributed by atoms with Gasteiger partial charge in [-0.05, 0) is 67.2 Å². The number of nitrogens with one attached hydrogen (secondary N) is 1. The quantitative estimate of drug-likeness (QED) is 0.602. The van der Waals surface area contributed by atoms with Crippen LogP contribution in [0.1, 0.15) is 40.2 Å². The maximum absolute atomic E-state index is 11.4. The van der Waals surface area contributed by atoms with E-state index in [0.29, 0.717) is 11.5 Å². The molecule has 2 aliphatic rings. The second-order valence-electron chi connectivity index (χ2n) is 7.88. The predicted octanol–water partition coefficient (Wildman–Crippen LogP) is 3.02. The highest BCUT2D eigenvalue weighted by atomic mass is 16.5. The van der Waals surface area contributed by atoms with Crippen molar-refractivity contribution in [3.05, 3.63) is 65.2 Å². The molecule has 0 unspecified atom stereocenters. The number of nitrogens with zero attached hydrogens (tertiary/aromatic N) is 2. The fourth-order valence-electron chi connectivity index (χ4n) is 4.31. The van der Waals surface area contributed by atoms with Crippen molar-refractivity contribution in [1.29, 1.82) is 0 Å². The Bertz CT molecular complexity index is 810. The van der Waals surface area contributed by atoms with Crippen molar-refractivity contribution in [1.82, 2.24) is 10.4 Å². The van der Waals surface area contributed by atoms with Gasteiger partial charge in [-0.1, -0.05) is 24.3 Å². The van der Waals surface area contributed by atoms with E-state index in [4.69, 9.17) is 9.94 Å². The summed E-state index contributed by atoms with van der Waals surface area (Å²) in [5.74, 6) is 0.138. The third-order valence-electron chi connectivity index (χ3n) is 6.03. The molecule has 0 aliphatic carbocycles. The van der Waals surface area contributed by atoms with Gasteiger partial charge in [0.15, 0.2) is 0 Å². The van der Waals surface area contributed by atoms with Crippen LogP contribution in [0.2, 0.25) is 0 Å². The minimum absolute atomic E-state index is 0.468. The molecular weight excluding hydrogens is 366 g/mol. The molecule has 29 heavy (non-hydrogen) atoms. The molecule has 0 saturated carbocycles. The first-order valence-electron chi connectivity index (χ1n) is 10.4. The molecule has 2 aliphatic heterocycles. The van der Waals surface area contributed by atoms with E-state index in [1.165, 1.54) is 16.8 Å². The number of piperidine rings is 1. The molecule has 0 spiro atoms. The number of ether oxygens (including phenoxy) is 1. The van der Waals surface area contributed by atoms with E-state index in [2.05, 4.69) is 34.1 Å². The van der Waals surface area contributed by atoms with E-state index in [0.717, 1.165) is 58.8 Å². The van der Waals surface area contributed by atoms with Crippen LogP contribution in [0.3, 0.4) is 0 Å². The van der Waals surface area contributed by atoms with Crippen molar-refractivity contribution in [2.45, 2.75) is 25.3 Å². The fraction of sp³-hybridized carbons (Fsp3) is 0.435. The lowest BCUT2D eigenvalue weighted by Gasteiger charge is -2.33. The Hall–Kier alpha value is -2.41. The summed E-state index contributed by atoms with van der Waals surface area (Å²) in [7, 11) is 0. The van der Waals surface area contributed by atoms with E-state index >= 15 is 0 Å². The molecule has 1 amide bonds. The number of amides is 1. The van der Waals surface area contributed by atoms with E-state index in [1.54, 1.807) is 17.6 Å². The van der Waals surface area contributed by atoms with Gasteiger partial charge >= 0.3 is 0 Å². The molecule has 6 nitrogen and oxygen atoms in total. The SMILES string of the molecule is O=C(NO)c1ccc(CN2CCC(c3cccc(N4CCOCC4)c3)CC2)cc1. The predicted molar refractivity (Wildman–Crippen MR) is 112 cm³/mol. The van der Waals surface area contributed by atoms with Gasteiger partial charge in [0.2, 0.25) is 0 Å². The maximum Gasteiger partial charge on any atom is 0.274 e. The fourth-order valence-corrected chi connectivity index (χ4v) is 4.31. The van der Waals surface area contributed by atoms with Crippen molar-refractivity contribution >= 4 is 11.6 Å². The van der Waals surface area contributed by atoms with Gasteiger partial charge in [0.1, 0.15) is 0 Å². The first kappa shape index (κ1) is 19.9. The van der Waals surface area contributed by atoms with Crippen LogP contribution in [0, 0.1) is 0 Å². The van der Waals surface area contributed by atoms with Crippen LogP contribution in [0.5, 0.6) is 0 Å². The third kappa shape index (κ3) is 4.96. The second kappa shape index (κ2) is 9.39. The molecule has 0 atom stereocenters. The number of carbonyl (C=O) groups excluding carboxylic acids is 1. The van der Waals surface area contributed by atoms with E-state index in [9.17, 15) is 4.79 Å². The summed E-state index contributed by atoms with van der Waals surface area (Å²) in [4.78, 5) is 16.3. The summed E-state index contributed by atoms with van der Waals surface area (Å²) < 4.78 is 5.47. The van der Waals surface area contributed by atoms with E-state index < -0.39 is 5.91 Å². The Kier molecular flexibility index (Phi) is 6.44. The number of hydroxylamine groups is 1. The standard InChI is InChI=1S/C23H29N3O3/c27-23(24-28)20-6-4-18(5-7-20)17-25-10-8-19(9-11-25)21-2-1-3-22(16-21)26-12-14-29-15-13-26/h1-7,16,19,28H,8-15,17H2,(H,24,27). The second-order valence-corrected chi connectivity index (χ2v) is 7.88. The van der Waals surface area contributed by atoms with Gasteiger partial charge in [-0.2, -0.15) is 0 Å². The molecule has 2 N–H and O–H groups in total. The number of rotatable bonds is 5. The Balaban J connectivity index is 1.32. The summed E-state index contributed by atoms with van der Waals surface area (Å²) in [6.07, 6.45) is 2.33. The molecule has 2 heterocycles. The lowest BCUT2D eigenvalue weighted by molar-refractivity contribution is 0.0706. The van der Waals surface area contributed by atoms with Crippen molar-refractivity contribution in [3.8, 4) is 0 Å². The van der Waals surface area contributed by atoms with Gasteiger partial charge in [-0.15, -0.1) is 0 Å². The Labute approximate surface area is 172 Å². The molecule has 4 rings (SSSR count). The average Bonchev–Trinajstić information content (AvgIpc) is 2.80. The van der Waals surface area contributed by atoms with E-state index in [1.807, 2.05) is 12.1 Å². The van der Waals surface area contributed by atoms with Crippen LogP contribution in [0.4, 0.5) is 5.69 Å². The van der Waals surface area contributed by atoms with Gasteiger partial charge in [0, 0.05) is 30.9 Å². The highest BCUT2D eigenvalue weighted by molar-refractivity contribution is 5.93. The normalized spacial score (nSPS) is 18.6. The van der Waals surface area contributed by atoms with Gasteiger partial charge in [0.25, 0.3) is 5.91 Å². The number of morpholine rings is 1. The molecule has 2 saturated heterocycles.